The van der Waals surface area contributed by atoms with Gasteiger partial charge < -0.3 is 20.0 Å². The number of likely N-dealkylation sites (tertiary alicyclic amines) is 1. The van der Waals surface area contributed by atoms with Gasteiger partial charge in [-0.3, -0.25) is 9.59 Å². The zero-order chi connectivity index (χ0) is 21.9. The smallest absolute Gasteiger partial charge is 0.256 e. The van der Waals surface area contributed by atoms with Crippen LogP contribution < -0.4 is 10.6 Å². The number of nitrogens with zero attached hydrogens (tertiary/aromatic N) is 1. The Morgan fingerprint density at radius 1 is 1.06 bits per heavy atom. The number of rotatable bonds is 6. The molecule has 6 heteroatoms. The molecule has 0 aliphatic carbocycles. The molecule has 5 rings (SSSR count). The molecule has 0 unspecified atom stereocenters. The third-order valence-electron chi connectivity index (χ3n) is 5.91. The van der Waals surface area contributed by atoms with Gasteiger partial charge in [0, 0.05) is 35.5 Å². The molecule has 1 saturated heterocycles. The van der Waals surface area contributed by atoms with Gasteiger partial charge in [-0.15, -0.1) is 0 Å². The second-order valence-corrected chi connectivity index (χ2v) is 8.19. The maximum atomic E-state index is 12.3. The molecule has 2 N–H and O–H groups in total. The number of furan rings is 1. The Bertz CT molecular complexity index is 1190. The largest absolute Gasteiger partial charge is 0.457 e. The van der Waals surface area contributed by atoms with Crippen LogP contribution in [0.3, 0.4) is 0 Å². The van der Waals surface area contributed by atoms with E-state index in [1.807, 2.05) is 60.7 Å². The average molecular weight is 428 g/mol. The molecule has 0 atom stereocenters. The summed E-state index contributed by atoms with van der Waals surface area (Å²) in [6.07, 6.45) is 4.70. The molecule has 3 aromatic rings. The van der Waals surface area contributed by atoms with Crippen molar-refractivity contribution < 1.29 is 14.0 Å². The maximum absolute atomic E-state index is 12.3. The topological polar surface area (TPSA) is 74.6 Å². The van der Waals surface area contributed by atoms with E-state index in [2.05, 4.69) is 15.5 Å². The highest BCUT2D eigenvalue weighted by atomic mass is 16.3. The summed E-state index contributed by atoms with van der Waals surface area (Å²) in [7, 11) is 0. The van der Waals surface area contributed by atoms with Crippen molar-refractivity contribution in [2.24, 2.45) is 0 Å². The van der Waals surface area contributed by atoms with E-state index in [-0.39, 0.29) is 11.8 Å². The van der Waals surface area contributed by atoms with Crippen LogP contribution in [0, 0.1) is 0 Å². The van der Waals surface area contributed by atoms with E-state index in [1.165, 1.54) is 12.8 Å². The van der Waals surface area contributed by atoms with Gasteiger partial charge in [0.1, 0.15) is 11.5 Å². The lowest BCUT2D eigenvalue weighted by Gasteiger charge is -2.14. The van der Waals surface area contributed by atoms with Crippen LogP contribution in [0.15, 0.2) is 65.1 Å². The fourth-order valence-corrected chi connectivity index (χ4v) is 4.25. The van der Waals surface area contributed by atoms with Crippen LogP contribution in [-0.4, -0.2) is 36.3 Å². The maximum Gasteiger partial charge on any atom is 0.256 e. The minimum Gasteiger partial charge on any atom is -0.457 e. The van der Waals surface area contributed by atoms with Gasteiger partial charge >= 0.3 is 0 Å². The summed E-state index contributed by atoms with van der Waals surface area (Å²) in [5, 5.41) is 5.85. The Morgan fingerprint density at radius 2 is 1.91 bits per heavy atom. The van der Waals surface area contributed by atoms with Crippen molar-refractivity contribution in [1.29, 1.82) is 0 Å². The summed E-state index contributed by atoms with van der Waals surface area (Å²) < 4.78 is 5.99. The molecule has 2 aliphatic heterocycles. The highest BCUT2D eigenvalue weighted by Gasteiger charge is 2.23. The fraction of sp³-hybridized carbons (Fsp3) is 0.231. The molecule has 32 heavy (non-hydrogen) atoms. The Kier molecular flexibility index (Phi) is 5.60. The predicted octanol–water partition coefficient (Wildman–Crippen LogP) is 4.86. The van der Waals surface area contributed by atoms with Crippen LogP contribution in [0.25, 0.3) is 23.0 Å². The second kappa shape index (κ2) is 8.85. The van der Waals surface area contributed by atoms with E-state index in [4.69, 9.17) is 4.42 Å². The molecule has 2 aliphatic rings. The standard InChI is InChI=1S/C26H25N3O3/c30-25(12-15-29-13-3-4-14-29)27-19-7-5-6-18(16-19)24-11-10-20(32-24)17-22-21-8-1-2-9-23(21)28-26(22)31/h1-2,5-11,16-17H,3-4,12-15H2,(H,27,30)(H,28,31). The first-order chi connectivity index (χ1) is 15.7. The van der Waals surface area contributed by atoms with Crippen LogP contribution in [0.2, 0.25) is 0 Å². The third kappa shape index (κ3) is 4.36. The lowest BCUT2D eigenvalue weighted by molar-refractivity contribution is -0.116. The van der Waals surface area contributed by atoms with Gasteiger partial charge in [0.2, 0.25) is 5.91 Å². The quantitative estimate of drug-likeness (QED) is 0.551. The van der Waals surface area contributed by atoms with Crippen molar-refractivity contribution >= 4 is 34.8 Å². The molecule has 1 aromatic heterocycles. The van der Waals surface area contributed by atoms with Gasteiger partial charge in [-0.1, -0.05) is 30.3 Å². The highest BCUT2D eigenvalue weighted by Crippen LogP contribution is 2.34. The summed E-state index contributed by atoms with van der Waals surface area (Å²) in [4.78, 5) is 27.0. The first kappa shape index (κ1) is 20.3. The molecule has 3 heterocycles. The molecule has 0 bridgehead atoms. The van der Waals surface area contributed by atoms with Gasteiger partial charge in [-0.2, -0.15) is 0 Å². The number of carbonyl (C=O) groups excluding carboxylic acids is 2. The molecular weight excluding hydrogens is 402 g/mol. The second-order valence-electron chi connectivity index (χ2n) is 8.19. The Labute approximate surface area is 186 Å². The summed E-state index contributed by atoms with van der Waals surface area (Å²) in [5.74, 6) is 1.16. The predicted molar refractivity (Wildman–Crippen MR) is 126 cm³/mol. The zero-order valence-electron chi connectivity index (χ0n) is 17.8. The molecule has 162 valence electrons. The van der Waals surface area contributed by atoms with Crippen LogP contribution in [0.5, 0.6) is 0 Å². The number of hydrogen-bond donors (Lipinski definition) is 2. The minimum absolute atomic E-state index is 0.0184. The van der Waals surface area contributed by atoms with Crippen LogP contribution >= 0.6 is 0 Å². The van der Waals surface area contributed by atoms with Crippen molar-refractivity contribution in [3.05, 3.63) is 72.0 Å². The van der Waals surface area contributed by atoms with Gasteiger partial charge in [-0.25, -0.2) is 0 Å². The van der Waals surface area contributed by atoms with Crippen molar-refractivity contribution in [2.45, 2.75) is 19.3 Å². The summed E-state index contributed by atoms with van der Waals surface area (Å²) in [6, 6.07) is 18.9. The molecule has 2 amide bonds. The zero-order valence-corrected chi connectivity index (χ0v) is 17.8. The van der Waals surface area contributed by atoms with Crippen molar-refractivity contribution in [3.63, 3.8) is 0 Å². The molecule has 6 nitrogen and oxygen atoms in total. The first-order valence-corrected chi connectivity index (χ1v) is 11.0. The van der Waals surface area contributed by atoms with E-state index in [9.17, 15) is 9.59 Å². The SMILES string of the molecule is O=C(CCN1CCCC1)Nc1cccc(-c2ccc(C=C3C(=O)Nc4ccccc43)o2)c1. The van der Waals surface area contributed by atoms with Crippen molar-refractivity contribution in [1.82, 2.24) is 4.90 Å². The van der Waals surface area contributed by atoms with E-state index in [1.54, 1.807) is 6.08 Å². The van der Waals surface area contributed by atoms with Gasteiger partial charge in [0.15, 0.2) is 0 Å². The van der Waals surface area contributed by atoms with Gasteiger partial charge in [0.05, 0.1) is 5.57 Å². The molecule has 1 fully saturated rings. The molecule has 0 saturated carbocycles. The fourth-order valence-electron chi connectivity index (χ4n) is 4.25. The average Bonchev–Trinajstić information content (AvgIpc) is 3.54. The number of hydrogen-bond acceptors (Lipinski definition) is 4. The number of benzene rings is 2. The van der Waals surface area contributed by atoms with Crippen LogP contribution in [0.4, 0.5) is 11.4 Å². The minimum atomic E-state index is -0.136. The number of anilines is 2. The lowest BCUT2D eigenvalue weighted by atomic mass is 10.1. The van der Waals surface area contributed by atoms with E-state index in [0.29, 0.717) is 23.5 Å². The number of amides is 2. The summed E-state index contributed by atoms with van der Waals surface area (Å²) in [5.41, 5.74) is 3.87. The Balaban J connectivity index is 1.28. The van der Waals surface area contributed by atoms with Crippen LogP contribution in [0.1, 0.15) is 30.6 Å². The number of para-hydroxylation sites is 1. The molecular formula is C26H25N3O3. The van der Waals surface area contributed by atoms with Gasteiger partial charge in [-0.05, 0) is 62.3 Å². The highest BCUT2D eigenvalue weighted by molar-refractivity contribution is 6.34. The summed E-state index contributed by atoms with van der Waals surface area (Å²) in [6.45, 7) is 2.98. The normalized spacial score (nSPS) is 16.9. The van der Waals surface area contributed by atoms with E-state index >= 15 is 0 Å². The molecule has 0 radical (unpaired) electrons. The Morgan fingerprint density at radius 3 is 2.78 bits per heavy atom. The molecule has 2 aromatic carbocycles. The lowest BCUT2D eigenvalue weighted by Crippen LogP contribution is -2.25. The number of carbonyl (C=O) groups is 2. The van der Waals surface area contributed by atoms with E-state index < -0.39 is 0 Å². The van der Waals surface area contributed by atoms with Gasteiger partial charge in [0.25, 0.3) is 5.91 Å². The molecule has 0 spiro atoms. The first-order valence-electron chi connectivity index (χ1n) is 11.0. The Hall–Kier alpha value is -3.64. The monoisotopic (exact) mass is 427 g/mol. The number of fused-ring (bicyclic) bond motifs is 1. The third-order valence-corrected chi connectivity index (χ3v) is 5.91. The van der Waals surface area contributed by atoms with Crippen molar-refractivity contribution in [2.75, 3.05) is 30.3 Å². The number of nitrogens with one attached hydrogen (secondary N) is 2. The summed E-state index contributed by atoms with van der Waals surface area (Å²) >= 11 is 0. The van der Waals surface area contributed by atoms with Crippen molar-refractivity contribution in [3.8, 4) is 11.3 Å². The van der Waals surface area contributed by atoms with E-state index in [0.717, 1.165) is 42.1 Å². The van der Waals surface area contributed by atoms with Crippen LogP contribution in [-0.2, 0) is 9.59 Å².